The average molecular weight is 209 g/mol. The summed E-state index contributed by atoms with van der Waals surface area (Å²) in [6, 6.07) is 0. The fourth-order valence-corrected chi connectivity index (χ4v) is 6.96. The van der Waals surface area contributed by atoms with Crippen molar-refractivity contribution in [2.75, 3.05) is 0 Å². The van der Waals surface area contributed by atoms with Crippen molar-refractivity contribution in [1.29, 1.82) is 0 Å². The molecule has 10 heavy (non-hydrogen) atoms. The second kappa shape index (κ2) is 2.44. The fraction of sp³-hybridized carbons (Fsp3) is 1.00. The molecule has 1 aliphatic heterocycles. The van der Waals surface area contributed by atoms with Crippen molar-refractivity contribution in [3.8, 4) is 0 Å². The first-order valence-corrected chi connectivity index (χ1v) is 6.32. The first kappa shape index (κ1) is 8.98. The van der Waals surface area contributed by atoms with E-state index in [1.54, 1.807) is 0 Å². The quantitative estimate of drug-likeness (QED) is 0.476. The molecule has 0 aromatic rings. The van der Waals surface area contributed by atoms with Gasteiger partial charge in [-0.15, -0.1) is 0 Å². The summed E-state index contributed by atoms with van der Waals surface area (Å²) in [5.74, 6) is 0. The van der Waals surface area contributed by atoms with Gasteiger partial charge in [-0.05, 0) is 8.57 Å². The van der Waals surface area contributed by atoms with Crippen molar-refractivity contribution >= 4 is 49.7 Å². The molecule has 1 fully saturated rings. The molecule has 1 nitrogen and oxygen atoms in total. The Labute approximate surface area is 75.7 Å². The summed E-state index contributed by atoms with van der Waals surface area (Å²) in [6.45, 7) is 0. The van der Waals surface area contributed by atoms with Gasteiger partial charge >= 0.3 is 0 Å². The Kier molecular flexibility index (Phi) is 2.19. The standard InChI is InChI=1S/C4H4OSi5/c5-10-3(6,7)1-2-4(10,8)9/h1-2H2. The molecule has 0 atom stereocenters. The summed E-state index contributed by atoms with van der Waals surface area (Å²) in [5.41, 5.74) is 0. The molecule has 0 saturated carbocycles. The SMILES string of the molecule is O=[Si]1C([Si])([Si])CCC1([Si])[Si]. The van der Waals surface area contributed by atoms with E-state index in [1.807, 2.05) is 0 Å². The molecule has 0 aromatic carbocycles. The van der Waals surface area contributed by atoms with Crippen LogP contribution in [-0.2, 0) is 4.46 Å². The summed E-state index contributed by atoms with van der Waals surface area (Å²) in [6.07, 6.45) is 1.73. The lowest BCUT2D eigenvalue weighted by Gasteiger charge is -2.16. The minimum atomic E-state index is -1.71. The molecule has 0 amide bonds. The topological polar surface area (TPSA) is 17.1 Å². The molecular formula is C4H4OSi5. The summed E-state index contributed by atoms with van der Waals surface area (Å²) in [7, 11) is 12.0. The van der Waals surface area contributed by atoms with Crippen LogP contribution in [0.15, 0.2) is 0 Å². The monoisotopic (exact) mass is 208 g/mol. The molecule has 1 aliphatic rings. The molecule has 0 N–H and O–H groups in total. The largest absolute Gasteiger partial charge is 0.389 e. The molecule has 46 valence electrons. The number of rotatable bonds is 0. The van der Waals surface area contributed by atoms with Crippen LogP contribution in [0.4, 0.5) is 0 Å². The Morgan fingerprint density at radius 3 is 1.40 bits per heavy atom. The number of hydrogen-bond donors (Lipinski definition) is 0. The van der Waals surface area contributed by atoms with E-state index in [0.29, 0.717) is 0 Å². The van der Waals surface area contributed by atoms with Crippen LogP contribution in [0.5, 0.6) is 0 Å². The maximum Gasteiger partial charge on any atom is 0.275 e. The molecular weight excluding hydrogens is 204 g/mol. The van der Waals surface area contributed by atoms with E-state index >= 15 is 0 Å². The zero-order chi connectivity index (χ0) is 7.99. The van der Waals surface area contributed by atoms with Crippen molar-refractivity contribution in [1.82, 2.24) is 0 Å². The van der Waals surface area contributed by atoms with Gasteiger partial charge in [-0.25, -0.2) is 0 Å². The normalized spacial score (nSPS) is 29.0. The predicted octanol–water partition coefficient (Wildman–Crippen LogP) is -0.813. The summed E-state index contributed by atoms with van der Waals surface area (Å²) >= 11 is 0. The third kappa shape index (κ3) is 1.40. The molecule has 6 heteroatoms. The Balaban J connectivity index is 2.88. The Bertz CT molecular complexity index is 156. The van der Waals surface area contributed by atoms with Crippen LogP contribution in [0.25, 0.3) is 0 Å². The summed E-state index contributed by atoms with van der Waals surface area (Å²) < 4.78 is 10.8. The van der Waals surface area contributed by atoms with E-state index in [4.69, 9.17) is 0 Å². The molecule has 1 heterocycles. The highest BCUT2D eigenvalue weighted by molar-refractivity contribution is 6.84. The average Bonchev–Trinajstić information content (AvgIpc) is 1.95. The van der Waals surface area contributed by atoms with Crippen LogP contribution in [0.1, 0.15) is 12.8 Å². The van der Waals surface area contributed by atoms with E-state index in [9.17, 15) is 4.46 Å². The fourth-order valence-electron chi connectivity index (χ4n) is 0.966. The lowest BCUT2D eigenvalue weighted by molar-refractivity contribution is 0.555. The molecule has 0 spiro atoms. The van der Waals surface area contributed by atoms with Gasteiger partial charge in [0.15, 0.2) is 0 Å². The second-order valence-corrected chi connectivity index (χ2v) is 11.4. The summed E-state index contributed by atoms with van der Waals surface area (Å²) in [4.78, 5) is 0. The van der Waals surface area contributed by atoms with Gasteiger partial charge in [-0.3, -0.25) is 0 Å². The van der Waals surface area contributed by atoms with Gasteiger partial charge < -0.3 is 4.46 Å². The van der Waals surface area contributed by atoms with E-state index in [0.717, 1.165) is 12.8 Å². The smallest absolute Gasteiger partial charge is 0.275 e. The van der Waals surface area contributed by atoms with Gasteiger partial charge in [0.1, 0.15) is 0 Å². The van der Waals surface area contributed by atoms with Crippen molar-refractivity contribution in [3.63, 3.8) is 0 Å². The van der Waals surface area contributed by atoms with Crippen LogP contribution in [0.3, 0.4) is 0 Å². The van der Waals surface area contributed by atoms with Crippen molar-refractivity contribution in [3.05, 3.63) is 0 Å². The molecule has 0 aromatic heterocycles. The van der Waals surface area contributed by atoms with Crippen LogP contribution in [-0.4, -0.2) is 49.7 Å². The number of hydrogen-bond acceptors (Lipinski definition) is 1. The molecule has 0 bridgehead atoms. The van der Waals surface area contributed by atoms with Crippen molar-refractivity contribution < 1.29 is 4.46 Å². The van der Waals surface area contributed by atoms with E-state index < -0.39 is 8.68 Å². The van der Waals surface area contributed by atoms with E-state index in [2.05, 4.69) is 41.0 Å². The maximum absolute atomic E-state index is 11.5. The van der Waals surface area contributed by atoms with Crippen LogP contribution < -0.4 is 0 Å². The highest BCUT2D eigenvalue weighted by Gasteiger charge is 2.47. The zero-order valence-corrected chi connectivity index (χ0v) is 10.3. The predicted molar refractivity (Wildman–Crippen MR) is 44.1 cm³/mol. The Morgan fingerprint density at radius 2 is 1.30 bits per heavy atom. The van der Waals surface area contributed by atoms with Crippen LogP contribution in [0, 0.1) is 0 Å². The minimum absolute atomic E-state index is 0.353. The lowest BCUT2D eigenvalue weighted by Crippen LogP contribution is -2.30. The van der Waals surface area contributed by atoms with Crippen LogP contribution in [0.2, 0.25) is 8.57 Å². The highest BCUT2D eigenvalue weighted by Crippen LogP contribution is 2.45. The van der Waals surface area contributed by atoms with Crippen molar-refractivity contribution in [2.45, 2.75) is 21.4 Å². The van der Waals surface area contributed by atoms with Gasteiger partial charge in [-0.1, -0.05) is 12.8 Å². The van der Waals surface area contributed by atoms with Gasteiger partial charge in [-0.2, -0.15) is 0 Å². The van der Waals surface area contributed by atoms with E-state index in [1.165, 1.54) is 0 Å². The molecule has 0 unspecified atom stereocenters. The van der Waals surface area contributed by atoms with Gasteiger partial charge in [0.25, 0.3) is 8.68 Å². The molecule has 0 aliphatic carbocycles. The second-order valence-electron chi connectivity index (χ2n) is 2.64. The first-order valence-electron chi connectivity index (χ1n) is 2.91. The summed E-state index contributed by atoms with van der Waals surface area (Å²) in [5, 5.41) is 0. The molecule has 12 radical (unpaired) electrons. The molecule has 1 rings (SSSR count). The highest BCUT2D eigenvalue weighted by atomic mass is 28.4. The Morgan fingerprint density at radius 1 is 1.00 bits per heavy atom. The zero-order valence-electron chi connectivity index (χ0n) is 5.32. The minimum Gasteiger partial charge on any atom is -0.389 e. The molecule has 1 saturated heterocycles. The third-order valence-corrected chi connectivity index (χ3v) is 7.43. The van der Waals surface area contributed by atoms with Crippen LogP contribution >= 0.6 is 0 Å². The Hall–Kier alpha value is 0.884. The maximum atomic E-state index is 11.5. The lowest BCUT2D eigenvalue weighted by atomic mass is 10.4. The van der Waals surface area contributed by atoms with Gasteiger partial charge in [0.2, 0.25) is 0 Å². The van der Waals surface area contributed by atoms with Gasteiger partial charge in [0.05, 0.1) is 0 Å². The van der Waals surface area contributed by atoms with E-state index in [-0.39, 0.29) is 8.57 Å². The first-order chi connectivity index (χ1) is 4.36. The third-order valence-electron chi connectivity index (χ3n) is 1.65. The van der Waals surface area contributed by atoms with Crippen molar-refractivity contribution in [2.24, 2.45) is 0 Å². The van der Waals surface area contributed by atoms with Gasteiger partial charge in [0, 0.05) is 41.0 Å².